The zero-order chi connectivity index (χ0) is 18.6. The standard InChI is InChI=1S/C17H15ClN2O5/c1-11(16(21)19(2)13-6-4-3-5-7-13)25-17(22)14-10-12(18)8-9-15(14)20(23)24/h3-11H,1-2H3/t11-/m1/s1. The first-order chi connectivity index (χ1) is 11.8. The number of likely N-dealkylation sites (N-methyl/N-ethyl adjacent to an activating group) is 1. The van der Waals surface area contributed by atoms with Crippen LogP contribution in [0.1, 0.15) is 17.3 Å². The van der Waals surface area contributed by atoms with E-state index in [-0.39, 0.29) is 10.6 Å². The van der Waals surface area contributed by atoms with Crippen molar-refractivity contribution in [3.05, 3.63) is 69.2 Å². The summed E-state index contributed by atoms with van der Waals surface area (Å²) in [5.74, 6) is -1.46. The fraction of sp³-hybridized carbons (Fsp3) is 0.176. The Balaban J connectivity index is 2.16. The molecule has 0 saturated heterocycles. The highest BCUT2D eigenvalue weighted by Crippen LogP contribution is 2.24. The fourth-order valence-electron chi connectivity index (χ4n) is 2.16. The van der Waals surface area contributed by atoms with E-state index in [9.17, 15) is 19.7 Å². The Bertz CT molecular complexity index is 810. The molecule has 2 rings (SSSR count). The van der Waals surface area contributed by atoms with Crippen LogP contribution >= 0.6 is 11.6 Å². The van der Waals surface area contributed by atoms with E-state index in [0.717, 1.165) is 12.1 Å². The molecule has 0 aliphatic rings. The average molecular weight is 363 g/mol. The zero-order valence-electron chi connectivity index (χ0n) is 13.5. The first-order valence-corrected chi connectivity index (χ1v) is 7.66. The second-order valence-corrected chi connectivity index (χ2v) is 5.64. The topological polar surface area (TPSA) is 89.7 Å². The van der Waals surface area contributed by atoms with Crippen molar-refractivity contribution >= 4 is 34.9 Å². The van der Waals surface area contributed by atoms with Crippen molar-refractivity contribution in [3.63, 3.8) is 0 Å². The summed E-state index contributed by atoms with van der Waals surface area (Å²) in [6.07, 6.45) is -1.13. The van der Waals surface area contributed by atoms with Crippen molar-refractivity contribution in [3.8, 4) is 0 Å². The summed E-state index contributed by atoms with van der Waals surface area (Å²) in [6, 6.07) is 12.4. The molecule has 1 amide bonds. The molecule has 25 heavy (non-hydrogen) atoms. The lowest BCUT2D eigenvalue weighted by atomic mass is 10.2. The second kappa shape index (κ2) is 7.76. The van der Waals surface area contributed by atoms with Crippen LogP contribution in [0.2, 0.25) is 5.02 Å². The maximum absolute atomic E-state index is 12.4. The van der Waals surface area contributed by atoms with Crippen LogP contribution in [0.5, 0.6) is 0 Å². The van der Waals surface area contributed by atoms with Crippen molar-refractivity contribution in [2.75, 3.05) is 11.9 Å². The Morgan fingerprint density at radius 1 is 1.20 bits per heavy atom. The Morgan fingerprint density at radius 3 is 2.44 bits per heavy atom. The number of hydrogen-bond donors (Lipinski definition) is 0. The molecule has 0 unspecified atom stereocenters. The second-order valence-electron chi connectivity index (χ2n) is 5.20. The predicted molar refractivity (Wildman–Crippen MR) is 92.8 cm³/mol. The van der Waals surface area contributed by atoms with Crippen LogP contribution < -0.4 is 4.90 Å². The van der Waals surface area contributed by atoms with Crippen LogP contribution in [0, 0.1) is 10.1 Å². The van der Waals surface area contributed by atoms with Crippen molar-refractivity contribution in [2.24, 2.45) is 0 Å². The number of rotatable bonds is 5. The number of benzene rings is 2. The third-order valence-electron chi connectivity index (χ3n) is 3.48. The van der Waals surface area contributed by atoms with Gasteiger partial charge in [-0.1, -0.05) is 29.8 Å². The molecule has 2 aromatic carbocycles. The highest BCUT2D eigenvalue weighted by atomic mass is 35.5. The van der Waals surface area contributed by atoms with Gasteiger partial charge in [-0.15, -0.1) is 0 Å². The quantitative estimate of drug-likeness (QED) is 0.461. The summed E-state index contributed by atoms with van der Waals surface area (Å²) >= 11 is 5.79. The van der Waals surface area contributed by atoms with Crippen LogP contribution in [0.15, 0.2) is 48.5 Å². The van der Waals surface area contributed by atoms with Gasteiger partial charge in [0.2, 0.25) is 0 Å². The van der Waals surface area contributed by atoms with Gasteiger partial charge in [-0.3, -0.25) is 14.9 Å². The fourth-order valence-corrected chi connectivity index (χ4v) is 2.33. The van der Waals surface area contributed by atoms with Crippen molar-refractivity contribution in [1.29, 1.82) is 0 Å². The number of carbonyl (C=O) groups excluding carboxylic acids is 2. The third kappa shape index (κ3) is 4.33. The van der Waals surface area contributed by atoms with Crippen molar-refractivity contribution in [1.82, 2.24) is 0 Å². The third-order valence-corrected chi connectivity index (χ3v) is 3.72. The van der Waals surface area contributed by atoms with Gasteiger partial charge < -0.3 is 9.64 Å². The highest BCUT2D eigenvalue weighted by Gasteiger charge is 2.27. The molecule has 0 spiro atoms. The van der Waals surface area contributed by atoms with Gasteiger partial charge in [-0.2, -0.15) is 0 Å². The summed E-state index contributed by atoms with van der Waals surface area (Å²) < 4.78 is 5.09. The lowest BCUT2D eigenvalue weighted by molar-refractivity contribution is -0.385. The number of esters is 1. The van der Waals surface area contributed by atoms with Crippen LogP contribution in [-0.4, -0.2) is 30.0 Å². The number of para-hydroxylation sites is 1. The molecule has 7 nitrogen and oxygen atoms in total. The van der Waals surface area contributed by atoms with E-state index in [1.807, 2.05) is 6.07 Å². The number of nitro benzene ring substituents is 1. The van der Waals surface area contributed by atoms with E-state index in [1.165, 1.54) is 17.9 Å². The number of nitrogens with zero attached hydrogens (tertiary/aromatic N) is 2. The minimum atomic E-state index is -1.13. The molecule has 1 atom stereocenters. The van der Waals surface area contributed by atoms with Gasteiger partial charge in [0.05, 0.1) is 4.92 Å². The van der Waals surface area contributed by atoms with E-state index in [4.69, 9.17) is 16.3 Å². The Labute approximate surface area is 148 Å². The smallest absolute Gasteiger partial charge is 0.345 e. The molecule has 0 aliphatic carbocycles. The van der Waals surface area contributed by atoms with Gasteiger partial charge in [0.1, 0.15) is 5.56 Å². The van der Waals surface area contributed by atoms with Crippen LogP contribution in [0.3, 0.4) is 0 Å². The molecule has 0 bridgehead atoms. The maximum Gasteiger partial charge on any atom is 0.345 e. The molecular weight excluding hydrogens is 348 g/mol. The number of anilines is 1. The minimum Gasteiger partial charge on any atom is -0.449 e. The van der Waals surface area contributed by atoms with Gasteiger partial charge >= 0.3 is 5.97 Å². The molecule has 0 heterocycles. The summed E-state index contributed by atoms with van der Waals surface area (Å²) in [6.45, 7) is 1.40. The molecule has 0 radical (unpaired) electrons. The molecule has 2 aromatic rings. The van der Waals surface area contributed by atoms with Crippen LogP contribution in [0.4, 0.5) is 11.4 Å². The van der Waals surface area contributed by atoms with E-state index < -0.39 is 28.6 Å². The number of carbonyl (C=O) groups is 2. The van der Waals surface area contributed by atoms with E-state index in [2.05, 4.69) is 0 Å². The number of ether oxygens (including phenoxy) is 1. The SMILES string of the molecule is C[C@@H](OC(=O)c1cc(Cl)ccc1[N+](=O)[O-])C(=O)N(C)c1ccccc1. The number of amides is 1. The summed E-state index contributed by atoms with van der Waals surface area (Å²) in [5, 5.41) is 11.2. The largest absolute Gasteiger partial charge is 0.449 e. The molecule has 130 valence electrons. The summed E-state index contributed by atoms with van der Waals surface area (Å²) in [5.41, 5.74) is -0.117. The van der Waals surface area contributed by atoms with Crippen LogP contribution in [-0.2, 0) is 9.53 Å². The molecule has 0 aliphatic heterocycles. The van der Waals surface area contributed by atoms with Gasteiger partial charge in [0.15, 0.2) is 6.10 Å². The maximum atomic E-state index is 12.4. The van der Waals surface area contributed by atoms with Crippen molar-refractivity contribution < 1.29 is 19.2 Å². The molecule has 0 aromatic heterocycles. The number of hydrogen-bond acceptors (Lipinski definition) is 5. The van der Waals surface area contributed by atoms with E-state index >= 15 is 0 Å². The van der Waals surface area contributed by atoms with Crippen molar-refractivity contribution in [2.45, 2.75) is 13.0 Å². The predicted octanol–water partition coefficient (Wildman–Crippen LogP) is 3.46. The van der Waals surface area contributed by atoms with Gasteiger partial charge in [-0.25, -0.2) is 4.79 Å². The molecule has 0 fully saturated rings. The molecule has 0 N–H and O–H groups in total. The monoisotopic (exact) mass is 362 g/mol. The van der Waals surface area contributed by atoms with Gasteiger partial charge in [-0.05, 0) is 31.2 Å². The minimum absolute atomic E-state index is 0.151. The zero-order valence-corrected chi connectivity index (χ0v) is 14.3. The van der Waals surface area contributed by atoms with Gasteiger partial charge in [0, 0.05) is 23.8 Å². The molecule has 0 saturated carbocycles. The molecule has 8 heteroatoms. The van der Waals surface area contributed by atoms with E-state index in [0.29, 0.717) is 5.69 Å². The van der Waals surface area contributed by atoms with Crippen LogP contribution in [0.25, 0.3) is 0 Å². The lowest BCUT2D eigenvalue weighted by Gasteiger charge is -2.21. The Morgan fingerprint density at radius 2 is 1.84 bits per heavy atom. The number of halogens is 1. The first-order valence-electron chi connectivity index (χ1n) is 7.28. The van der Waals surface area contributed by atoms with E-state index in [1.54, 1.807) is 31.3 Å². The van der Waals surface area contributed by atoms with Gasteiger partial charge in [0.25, 0.3) is 11.6 Å². The average Bonchev–Trinajstić information content (AvgIpc) is 2.60. The lowest BCUT2D eigenvalue weighted by Crippen LogP contribution is -2.37. The number of nitro groups is 1. The highest BCUT2D eigenvalue weighted by molar-refractivity contribution is 6.31. The Kier molecular flexibility index (Phi) is 5.71. The summed E-state index contributed by atoms with van der Waals surface area (Å²) in [7, 11) is 1.55. The normalized spacial score (nSPS) is 11.5. The summed E-state index contributed by atoms with van der Waals surface area (Å²) in [4.78, 5) is 36.3. The Hall–Kier alpha value is -2.93. The molecular formula is C17H15ClN2O5. The first kappa shape index (κ1) is 18.4.